The molecular weight excluding hydrogens is 424 g/mol. The average Bonchev–Trinajstić information content (AvgIpc) is 3.36. The van der Waals surface area contributed by atoms with Gasteiger partial charge in [0.2, 0.25) is 17.6 Å². The highest BCUT2D eigenvalue weighted by Gasteiger charge is 2.31. The molecule has 1 aliphatic heterocycles. The van der Waals surface area contributed by atoms with Crippen LogP contribution in [0.1, 0.15) is 45.4 Å². The number of pyridine rings is 1. The number of nitrogens with zero attached hydrogens (tertiary/aromatic N) is 3. The van der Waals surface area contributed by atoms with Crippen LogP contribution in [0.4, 0.5) is 26.1 Å². The molecule has 1 saturated heterocycles. The molecule has 172 valence electrons. The highest BCUT2D eigenvalue weighted by molar-refractivity contribution is 5.88. The van der Waals surface area contributed by atoms with Crippen LogP contribution in [0.25, 0.3) is 0 Å². The Hall–Kier alpha value is -3.08. The van der Waals surface area contributed by atoms with Crippen molar-refractivity contribution in [2.45, 2.75) is 57.7 Å². The maximum atomic E-state index is 14.0. The van der Waals surface area contributed by atoms with Crippen LogP contribution in [0.3, 0.4) is 0 Å². The van der Waals surface area contributed by atoms with Gasteiger partial charge >= 0.3 is 5.92 Å². The molecule has 32 heavy (non-hydrogen) atoms. The zero-order valence-electron chi connectivity index (χ0n) is 17.9. The maximum absolute atomic E-state index is 14.0. The summed E-state index contributed by atoms with van der Waals surface area (Å²) in [5, 5.41) is 5.58. The van der Waals surface area contributed by atoms with Crippen molar-refractivity contribution in [3.8, 4) is 11.6 Å². The monoisotopic (exact) mass is 449 g/mol. The number of anilines is 3. The van der Waals surface area contributed by atoms with E-state index >= 15 is 0 Å². The summed E-state index contributed by atoms with van der Waals surface area (Å²) in [6, 6.07) is 3.00. The van der Waals surface area contributed by atoms with E-state index in [1.807, 2.05) is 0 Å². The Kier molecular flexibility index (Phi) is 6.35. The smallest absolute Gasteiger partial charge is 0.304 e. The SMILES string of the molecule is CC(=O)Nc1cc(Nc2cc(OC3CC3)nc(C(C)(F)F)n2)c(OCC2CCCO2)cn1. The van der Waals surface area contributed by atoms with Crippen LogP contribution in [-0.2, 0) is 15.5 Å². The van der Waals surface area contributed by atoms with E-state index in [9.17, 15) is 13.6 Å². The molecular formula is C21H25F2N5O4. The van der Waals surface area contributed by atoms with Gasteiger partial charge in [-0.2, -0.15) is 13.8 Å². The van der Waals surface area contributed by atoms with Crippen molar-refractivity contribution in [2.75, 3.05) is 23.8 Å². The van der Waals surface area contributed by atoms with Gasteiger partial charge in [0.1, 0.15) is 24.3 Å². The Balaban J connectivity index is 1.61. The van der Waals surface area contributed by atoms with Gasteiger partial charge in [0.15, 0.2) is 5.75 Å². The molecule has 2 aliphatic rings. The molecule has 2 aromatic heterocycles. The first kappa shape index (κ1) is 22.1. The number of hydrogen-bond donors (Lipinski definition) is 2. The number of rotatable bonds is 9. The fraction of sp³-hybridized carbons (Fsp3) is 0.524. The first-order chi connectivity index (χ1) is 15.3. The maximum Gasteiger partial charge on any atom is 0.304 e. The van der Waals surface area contributed by atoms with E-state index in [-0.39, 0.29) is 35.6 Å². The Morgan fingerprint density at radius 3 is 2.72 bits per heavy atom. The summed E-state index contributed by atoms with van der Waals surface area (Å²) in [4.78, 5) is 23.4. The third-order valence-electron chi connectivity index (χ3n) is 4.79. The fourth-order valence-corrected chi connectivity index (χ4v) is 3.10. The predicted molar refractivity (Wildman–Crippen MR) is 112 cm³/mol. The number of halogens is 2. The second-order valence-electron chi connectivity index (χ2n) is 7.94. The zero-order valence-corrected chi connectivity index (χ0v) is 17.9. The van der Waals surface area contributed by atoms with E-state index in [0.29, 0.717) is 24.7 Å². The van der Waals surface area contributed by atoms with Crippen LogP contribution in [0.15, 0.2) is 18.3 Å². The molecule has 1 aliphatic carbocycles. The minimum absolute atomic E-state index is 0.0197. The molecule has 0 aromatic carbocycles. The lowest BCUT2D eigenvalue weighted by Gasteiger charge is -2.17. The van der Waals surface area contributed by atoms with Gasteiger partial charge in [0.05, 0.1) is 18.0 Å². The molecule has 1 atom stereocenters. The van der Waals surface area contributed by atoms with Gasteiger partial charge in [-0.1, -0.05) is 0 Å². The molecule has 1 saturated carbocycles. The topological polar surface area (TPSA) is 107 Å². The molecule has 0 radical (unpaired) electrons. The summed E-state index contributed by atoms with van der Waals surface area (Å²) in [7, 11) is 0. The van der Waals surface area contributed by atoms with Crippen LogP contribution >= 0.6 is 0 Å². The number of carbonyl (C=O) groups is 1. The number of nitrogens with one attached hydrogen (secondary N) is 2. The predicted octanol–water partition coefficient (Wildman–Crippen LogP) is 3.78. The van der Waals surface area contributed by atoms with Crippen molar-refractivity contribution in [3.63, 3.8) is 0 Å². The first-order valence-corrected chi connectivity index (χ1v) is 10.5. The summed E-state index contributed by atoms with van der Waals surface area (Å²) >= 11 is 0. The first-order valence-electron chi connectivity index (χ1n) is 10.5. The molecule has 0 bridgehead atoms. The lowest BCUT2D eigenvalue weighted by molar-refractivity contribution is -0.114. The van der Waals surface area contributed by atoms with Gasteiger partial charge in [-0.25, -0.2) is 9.97 Å². The highest BCUT2D eigenvalue weighted by atomic mass is 19.3. The second kappa shape index (κ2) is 9.19. The van der Waals surface area contributed by atoms with E-state index in [1.165, 1.54) is 19.2 Å². The largest absolute Gasteiger partial charge is 0.487 e. The highest BCUT2D eigenvalue weighted by Crippen LogP contribution is 2.34. The molecule has 1 unspecified atom stereocenters. The summed E-state index contributed by atoms with van der Waals surface area (Å²) < 4.78 is 45.0. The van der Waals surface area contributed by atoms with Crippen LogP contribution in [0, 0.1) is 0 Å². The van der Waals surface area contributed by atoms with E-state index < -0.39 is 11.7 Å². The minimum atomic E-state index is -3.25. The van der Waals surface area contributed by atoms with Crippen LogP contribution in [-0.4, -0.2) is 46.3 Å². The molecule has 0 spiro atoms. The average molecular weight is 449 g/mol. The zero-order chi connectivity index (χ0) is 22.7. The van der Waals surface area contributed by atoms with Crippen LogP contribution in [0.5, 0.6) is 11.6 Å². The van der Waals surface area contributed by atoms with Gasteiger partial charge in [-0.15, -0.1) is 0 Å². The molecule has 4 rings (SSSR count). The van der Waals surface area contributed by atoms with Crippen molar-refractivity contribution in [3.05, 3.63) is 24.2 Å². The molecule has 2 fully saturated rings. The number of alkyl halides is 2. The third-order valence-corrected chi connectivity index (χ3v) is 4.79. The summed E-state index contributed by atoms with van der Waals surface area (Å²) in [6.07, 6.45) is 4.97. The fourth-order valence-electron chi connectivity index (χ4n) is 3.10. The van der Waals surface area contributed by atoms with E-state index in [0.717, 1.165) is 32.6 Å². The van der Waals surface area contributed by atoms with E-state index in [4.69, 9.17) is 14.2 Å². The Labute approximate surface area is 183 Å². The van der Waals surface area contributed by atoms with Gasteiger partial charge in [0, 0.05) is 32.6 Å². The van der Waals surface area contributed by atoms with E-state index in [1.54, 1.807) is 6.07 Å². The number of ether oxygens (including phenoxy) is 3. The van der Waals surface area contributed by atoms with Gasteiger partial charge < -0.3 is 24.8 Å². The third kappa shape index (κ3) is 6.00. The van der Waals surface area contributed by atoms with Crippen molar-refractivity contribution in [2.24, 2.45) is 0 Å². The number of aromatic nitrogens is 3. The molecule has 3 heterocycles. The molecule has 9 nitrogen and oxygen atoms in total. The van der Waals surface area contributed by atoms with Crippen LogP contribution < -0.4 is 20.1 Å². The Morgan fingerprint density at radius 1 is 1.25 bits per heavy atom. The van der Waals surface area contributed by atoms with E-state index in [2.05, 4.69) is 25.6 Å². The lowest BCUT2D eigenvalue weighted by atomic mass is 10.2. The second-order valence-corrected chi connectivity index (χ2v) is 7.94. The van der Waals surface area contributed by atoms with Crippen molar-refractivity contribution in [1.82, 2.24) is 15.0 Å². The molecule has 2 aromatic rings. The quantitative estimate of drug-likeness (QED) is 0.596. The van der Waals surface area contributed by atoms with Gasteiger partial charge in [0.25, 0.3) is 0 Å². The summed E-state index contributed by atoms with van der Waals surface area (Å²) in [5.41, 5.74) is 0.392. The molecule has 2 N–H and O–H groups in total. The van der Waals surface area contributed by atoms with Gasteiger partial charge in [-0.05, 0) is 25.7 Å². The molecule has 1 amide bonds. The van der Waals surface area contributed by atoms with Crippen molar-refractivity contribution in [1.29, 1.82) is 0 Å². The standard InChI is InChI=1S/C21H25F2N5O4/c1-12(29)25-17-8-15(16(10-24-17)31-11-14-4-3-7-30-14)26-18-9-19(32-13-5-6-13)28-20(27-18)21(2,22)23/h8-10,13-14H,3-7,11H2,1-2H3,(H2,24,25,26,27,28,29). The summed E-state index contributed by atoms with van der Waals surface area (Å²) in [5.74, 6) is -3.40. The van der Waals surface area contributed by atoms with Crippen molar-refractivity contribution < 1.29 is 27.8 Å². The van der Waals surface area contributed by atoms with Crippen molar-refractivity contribution >= 4 is 23.2 Å². The number of amides is 1. The lowest BCUT2D eigenvalue weighted by Crippen LogP contribution is -2.17. The molecule has 11 heteroatoms. The number of hydrogen-bond acceptors (Lipinski definition) is 8. The Morgan fingerprint density at radius 2 is 2.06 bits per heavy atom. The number of carbonyl (C=O) groups excluding carboxylic acids is 1. The summed E-state index contributed by atoms with van der Waals surface area (Å²) in [6.45, 7) is 3.09. The van der Waals surface area contributed by atoms with Crippen LogP contribution in [0.2, 0.25) is 0 Å². The minimum Gasteiger partial charge on any atom is -0.487 e. The van der Waals surface area contributed by atoms with Gasteiger partial charge in [-0.3, -0.25) is 4.79 Å². The normalized spacial score (nSPS) is 18.3. The Bertz CT molecular complexity index is 975.